The number of hydrogen-bond acceptors (Lipinski definition) is 4. The second-order valence-electron chi connectivity index (χ2n) is 15.9. The van der Waals surface area contributed by atoms with E-state index in [1.54, 1.807) is 0 Å². The van der Waals surface area contributed by atoms with Gasteiger partial charge in [-0.05, 0) is 84.3 Å². The number of nitrogens with zero attached hydrogens (tertiary/aromatic N) is 3. The quantitative estimate of drug-likeness (QED) is 0.174. The Morgan fingerprint density at radius 1 is 0.500 bits per heavy atom. The van der Waals surface area contributed by atoms with Gasteiger partial charge in [-0.3, -0.25) is 0 Å². The van der Waals surface area contributed by atoms with Crippen LogP contribution in [0.3, 0.4) is 0 Å². The van der Waals surface area contributed by atoms with Gasteiger partial charge in [-0.15, -0.1) is 0 Å². The van der Waals surface area contributed by atoms with Gasteiger partial charge in [0.1, 0.15) is 28.0 Å². The lowest BCUT2D eigenvalue weighted by atomic mass is 9.95. The summed E-state index contributed by atoms with van der Waals surface area (Å²) in [5.41, 5.74) is 15.3. The number of aromatic nitrogens is 1. The summed E-state index contributed by atoms with van der Waals surface area (Å²) in [4.78, 5) is 7.76. The predicted molar refractivity (Wildman–Crippen MR) is 258 cm³/mol. The smallest absolute Gasteiger partial charge is 0.145 e. The highest BCUT2D eigenvalue weighted by molar-refractivity contribution is 6.20. The van der Waals surface area contributed by atoms with Gasteiger partial charge in [-0.25, -0.2) is 4.99 Å². The highest BCUT2D eigenvalue weighted by Crippen LogP contribution is 2.38. The Morgan fingerprint density at radius 2 is 1.15 bits per heavy atom. The minimum absolute atomic E-state index is 0.759. The van der Waals surface area contributed by atoms with E-state index >= 15 is 0 Å². The molecule has 0 saturated heterocycles. The van der Waals surface area contributed by atoms with Crippen LogP contribution in [0.1, 0.15) is 18.1 Å². The number of rotatable bonds is 5. The lowest BCUT2D eigenvalue weighted by molar-refractivity contribution is 0.575. The third-order valence-corrected chi connectivity index (χ3v) is 12.3. The number of para-hydroxylation sites is 5. The molecule has 3 aromatic heterocycles. The molecular weight excluding hydrogens is 759 g/mol. The van der Waals surface area contributed by atoms with E-state index in [0.717, 1.165) is 99.8 Å². The summed E-state index contributed by atoms with van der Waals surface area (Å²) in [7, 11) is 2.10. The Kier molecular flexibility index (Phi) is 8.22. The molecule has 0 saturated carbocycles. The summed E-state index contributed by atoms with van der Waals surface area (Å²) in [5.74, 6) is 0.822. The summed E-state index contributed by atoms with van der Waals surface area (Å²) in [6.45, 7) is 2.02. The number of anilines is 1. The summed E-state index contributed by atoms with van der Waals surface area (Å²) < 4.78 is 15.5. The molecule has 294 valence electrons. The molecule has 0 N–H and O–H groups in total. The average Bonchev–Trinajstić information content (AvgIpc) is 4.00. The lowest BCUT2D eigenvalue weighted by Crippen LogP contribution is -2.33. The molecule has 12 rings (SSSR count). The zero-order valence-corrected chi connectivity index (χ0v) is 34.2. The molecule has 5 heteroatoms. The summed E-state index contributed by atoms with van der Waals surface area (Å²) in [5, 5.41) is 6.63. The normalized spacial score (nSPS) is 14.3. The van der Waals surface area contributed by atoms with Crippen molar-refractivity contribution in [1.29, 1.82) is 0 Å². The molecule has 62 heavy (non-hydrogen) atoms. The van der Waals surface area contributed by atoms with Crippen molar-refractivity contribution >= 4 is 78.0 Å². The molecule has 0 unspecified atom stereocenters. The van der Waals surface area contributed by atoms with Crippen LogP contribution in [0.5, 0.6) is 0 Å². The van der Waals surface area contributed by atoms with Crippen molar-refractivity contribution in [2.45, 2.75) is 6.92 Å². The number of furan rings is 2. The maximum atomic E-state index is 6.69. The molecule has 4 heterocycles. The van der Waals surface area contributed by atoms with Crippen LogP contribution in [0.2, 0.25) is 0 Å². The van der Waals surface area contributed by atoms with Crippen molar-refractivity contribution in [2.75, 3.05) is 11.9 Å². The summed E-state index contributed by atoms with van der Waals surface area (Å²) in [6, 6.07) is 64.4. The number of hydrogen-bond donors (Lipinski definition) is 0. The van der Waals surface area contributed by atoms with Gasteiger partial charge >= 0.3 is 0 Å². The van der Waals surface area contributed by atoms with E-state index in [-0.39, 0.29) is 0 Å². The highest BCUT2D eigenvalue weighted by Gasteiger charge is 2.25. The summed E-state index contributed by atoms with van der Waals surface area (Å²) >= 11 is 0. The zero-order valence-electron chi connectivity index (χ0n) is 34.2. The van der Waals surface area contributed by atoms with E-state index in [1.165, 1.54) is 21.8 Å². The van der Waals surface area contributed by atoms with Gasteiger partial charge in [0.15, 0.2) is 0 Å². The molecule has 0 bridgehead atoms. The van der Waals surface area contributed by atoms with Crippen molar-refractivity contribution in [3.8, 4) is 27.9 Å². The van der Waals surface area contributed by atoms with Crippen LogP contribution in [-0.4, -0.2) is 17.3 Å². The molecule has 11 aromatic rings. The Balaban J connectivity index is 1.03. The average molecular weight is 798 g/mol. The molecule has 8 aromatic carbocycles. The third kappa shape index (κ3) is 5.59. The van der Waals surface area contributed by atoms with Crippen molar-refractivity contribution in [3.63, 3.8) is 0 Å². The van der Waals surface area contributed by atoms with Crippen molar-refractivity contribution < 1.29 is 8.83 Å². The van der Waals surface area contributed by atoms with Crippen LogP contribution in [0.4, 0.5) is 5.69 Å². The Bertz CT molecular complexity index is 3770. The van der Waals surface area contributed by atoms with Crippen LogP contribution in [0.15, 0.2) is 208 Å². The lowest BCUT2D eigenvalue weighted by Gasteiger charge is -2.28. The maximum Gasteiger partial charge on any atom is 0.145 e. The van der Waals surface area contributed by atoms with Crippen LogP contribution in [0, 0.1) is 0 Å². The fourth-order valence-electron chi connectivity index (χ4n) is 9.38. The molecule has 0 spiro atoms. The molecule has 1 aliphatic heterocycles. The highest BCUT2D eigenvalue weighted by atomic mass is 16.3. The molecule has 0 atom stereocenters. The molecule has 5 nitrogen and oxygen atoms in total. The third-order valence-electron chi connectivity index (χ3n) is 12.3. The van der Waals surface area contributed by atoms with Gasteiger partial charge in [0.25, 0.3) is 0 Å². The first-order valence-corrected chi connectivity index (χ1v) is 21.0. The predicted octanol–water partition coefficient (Wildman–Crippen LogP) is 13.2. The van der Waals surface area contributed by atoms with E-state index in [4.69, 9.17) is 13.8 Å². The largest absolute Gasteiger partial charge is 0.456 e. The monoisotopic (exact) mass is 797 g/mol. The van der Waals surface area contributed by atoms with E-state index in [0.29, 0.717) is 0 Å². The van der Waals surface area contributed by atoms with Crippen LogP contribution in [0.25, 0.3) is 94.6 Å². The first-order valence-electron chi connectivity index (χ1n) is 21.0. The summed E-state index contributed by atoms with van der Waals surface area (Å²) in [6.07, 6.45) is 6.10. The van der Waals surface area contributed by atoms with E-state index in [9.17, 15) is 0 Å². The standard InChI is InChI=1S/C57H39N3O2/c1-3-4-24-53-54(47-35-39(31-33-52(47)61-53)38-30-32-50-46(34-38)42-17-8-12-23-49(42)60(50)40-15-6-5-7-16-40)57-58-55(45-19-9-11-22-48(45)59(57)2)37-28-26-36(27-29-37)41-20-14-21-44-43-18-10-13-25-51(43)62-56(41)44/h3-35H,1-2H3/b4-3-,53-24+,57-54-. The molecule has 0 aliphatic carbocycles. The maximum absolute atomic E-state index is 6.69. The molecule has 1 aliphatic rings. The Morgan fingerprint density at radius 3 is 2.00 bits per heavy atom. The second kappa shape index (κ2) is 14.3. The fraction of sp³-hybridized carbons (Fsp3) is 0.0351. The van der Waals surface area contributed by atoms with Gasteiger partial charge in [0, 0.05) is 56.4 Å². The van der Waals surface area contributed by atoms with Gasteiger partial charge in [-0.2, -0.15) is 0 Å². The molecule has 0 amide bonds. The Hall–Kier alpha value is -8.15. The van der Waals surface area contributed by atoms with Crippen LogP contribution < -0.4 is 15.5 Å². The molecule has 0 fully saturated rings. The SMILES string of the molecule is C\C=C/C=c1/oc2ccc(-c3ccc4c(c3)c3ccccc3n4-c3ccccc3)cc2/c1=C1\N=C(c2ccc(-c3cccc4c3oc3ccccc34)cc2)c2ccccc2N1C. The fourth-order valence-corrected chi connectivity index (χ4v) is 9.38. The van der Waals surface area contributed by atoms with Gasteiger partial charge in [0.2, 0.25) is 0 Å². The number of allylic oxidation sites excluding steroid dienone is 2. The van der Waals surface area contributed by atoms with Crippen LogP contribution in [-0.2, 0) is 0 Å². The first kappa shape index (κ1) is 35.8. The van der Waals surface area contributed by atoms with E-state index in [1.807, 2.05) is 37.3 Å². The number of fused-ring (bicyclic) bond motifs is 8. The minimum atomic E-state index is 0.759. The minimum Gasteiger partial charge on any atom is -0.456 e. The molecule has 0 radical (unpaired) electrons. The van der Waals surface area contributed by atoms with Crippen molar-refractivity contribution in [3.05, 3.63) is 216 Å². The van der Waals surface area contributed by atoms with Crippen molar-refractivity contribution in [1.82, 2.24) is 4.57 Å². The van der Waals surface area contributed by atoms with E-state index < -0.39 is 0 Å². The number of benzene rings is 8. The van der Waals surface area contributed by atoms with Gasteiger partial charge < -0.3 is 18.3 Å². The topological polar surface area (TPSA) is 46.8 Å². The second-order valence-corrected chi connectivity index (χ2v) is 15.9. The number of aliphatic imine (C=N–C) groups is 1. The first-order chi connectivity index (χ1) is 30.6. The van der Waals surface area contributed by atoms with E-state index in [2.05, 4.69) is 186 Å². The Labute approximate surface area is 357 Å². The zero-order chi connectivity index (χ0) is 41.3. The van der Waals surface area contributed by atoms with Gasteiger partial charge in [-0.1, -0.05) is 140 Å². The van der Waals surface area contributed by atoms with Gasteiger partial charge in [0.05, 0.1) is 27.7 Å². The molecular formula is C57H39N3O2. The van der Waals surface area contributed by atoms with Crippen LogP contribution >= 0.6 is 0 Å². The van der Waals surface area contributed by atoms with Crippen molar-refractivity contribution in [2.24, 2.45) is 4.99 Å².